The number of carboxylic acids is 2. The molecule has 0 aliphatic carbocycles. The van der Waals surface area contributed by atoms with Crippen molar-refractivity contribution in [3.8, 4) is 0 Å². The third-order valence-corrected chi connectivity index (χ3v) is 1.77. The van der Waals surface area contributed by atoms with Gasteiger partial charge in [-0.1, -0.05) is 24.3 Å². The first kappa shape index (κ1) is 11.7. The second-order valence-corrected chi connectivity index (χ2v) is 3.01. The van der Waals surface area contributed by atoms with Gasteiger partial charge in [0, 0.05) is 12.2 Å². The van der Waals surface area contributed by atoms with E-state index >= 15 is 0 Å². The monoisotopic (exact) mass is 218 g/mol. The summed E-state index contributed by atoms with van der Waals surface area (Å²) in [4.78, 5) is 20.5. The summed E-state index contributed by atoms with van der Waals surface area (Å²) < 4.78 is 0. The van der Waals surface area contributed by atoms with E-state index in [-0.39, 0.29) is 0 Å². The Morgan fingerprint density at radius 3 is 1.38 bits per heavy atom. The lowest BCUT2D eigenvalue weighted by Gasteiger charge is -1.94. The van der Waals surface area contributed by atoms with E-state index < -0.39 is 11.9 Å². The minimum Gasteiger partial charge on any atom is -0.478 e. The van der Waals surface area contributed by atoms with Crippen molar-refractivity contribution < 1.29 is 19.8 Å². The van der Waals surface area contributed by atoms with E-state index in [0.29, 0.717) is 0 Å². The van der Waals surface area contributed by atoms with Gasteiger partial charge in [-0.25, -0.2) is 9.59 Å². The van der Waals surface area contributed by atoms with Crippen molar-refractivity contribution in [1.29, 1.82) is 0 Å². The first-order valence-electron chi connectivity index (χ1n) is 4.50. The van der Waals surface area contributed by atoms with Crippen molar-refractivity contribution in [2.75, 3.05) is 0 Å². The van der Waals surface area contributed by atoms with Gasteiger partial charge in [0.15, 0.2) is 0 Å². The Morgan fingerprint density at radius 1 is 0.812 bits per heavy atom. The maximum atomic E-state index is 10.3. The van der Waals surface area contributed by atoms with Gasteiger partial charge >= 0.3 is 11.9 Å². The molecule has 0 aliphatic heterocycles. The van der Waals surface area contributed by atoms with Crippen molar-refractivity contribution >= 4 is 24.1 Å². The number of aliphatic carboxylic acids is 2. The molecule has 2 N–H and O–H groups in total. The van der Waals surface area contributed by atoms with E-state index in [1.807, 2.05) is 0 Å². The first-order valence-corrected chi connectivity index (χ1v) is 4.50. The summed E-state index contributed by atoms with van der Waals surface area (Å²) in [6, 6.07) is 6.84. The molecule has 1 aromatic rings. The van der Waals surface area contributed by atoms with Crippen LogP contribution in [-0.4, -0.2) is 22.2 Å². The molecule has 1 rings (SSSR count). The molecule has 0 fully saturated rings. The van der Waals surface area contributed by atoms with Crippen LogP contribution in [0, 0.1) is 0 Å². The molecule has 0 aliphatic rings. The molecule has 0 bridgehead atoms. The molecule has 0 saturated carbocycles. The number of benzene rings is 1. The molecule has 0 spiro atoms. The molecule has 16 heavy (non-hydrogen) atoms. The van der Waals surface area contributed by atoms with Gasteiger partial charge in [0.05, 0.1) is 0 Å². The fourth-order valence-electron chi connectivity index (χ4n) is 1.05. The maximum Gasteiger partial charge on any atom is 0.328 e. The van der Waals surface area contributed by atoms with Crippen molar-refractivity contribution in [2.45, 2.75) is 0 Å². The van der Waals surface area contributed by atoms with E-state index in [1.54, 1.807) is 24.3 Å². The molecule has 0 unspecified atom stereocenters. The lowest BCUT2D eigenvalue weighted by atomic mass is 10.1. The molecule has 0 aromatic heterocycles. The second-order valence-electron chi connectivity index (χ2n) is 3.01. The van der Waals surface area contributed by atoms with Crippen LogP contribution in [0.25, 0.3) is 12.2 Å². The summed E-state index contributed by atoms with van der Waals surface area (Å²) in [5.74, 6) is -2.01. The summed E-state index contributed by atoms with van der Waals surface area (Å²) in [7, 11) is 0. The highest BCUT2D eigenvalue weighted by atomic mass is 16.4. The number of hydrogen-bond donors (Lipinski definition) is 2. The number of carboxylic acid groups (broad SMARTS) is 2. The fourth-order valence-corrected chi connectivity index (χ4v) is 1.05. The largest absolute Gasteiger partial charge is 0.478 e. The second kappa shape index (κ2) is 5.50. The molecule has 4 nitrogen and oxygen atoms in total. The number of carbonyl (C=O) groups is 2. The van der Waals surface area contributed by atoms with E-state index in [0.717, 1.165) is 23.3 Å². The molecule has 4 heteroatoms. The quantitative estimate of drug-likeness (QED) is 0.756. The van der Waals surface area contributed by atoms with Crippen molar-refractivity contribution in [3.05, 3.63) is 47.5 Å². The highest BCUT2D eigenvalue weighted by Crippen LogP contribution is 2.07. The molecule has 0 radical (unpaired) electrons. The van der Waals surface area contributed by atoms with Gasteiger partial charge in [-0.3, -0.25) is 0 Å². The highest BCUT2D eigenvalue weighted by molar-refractivity contribution is 5.86. The van der Waals surface area contributed by atoms with Crippen LogP contribution >= 0.6 is 0 Å². The molecule has 0 amide bonds. The Balaban J connectivity index is 2.75. The van der Waals surface area contributed by atoms with Crippen molar-refractivity contribution in [1.82, 2.24) is 0 Å². The van der Waals surface area contributed by atoms with Crippen LogP contribution in [0.5, 0.6) is 0 Å². The fraction of sp³-hybridized carbons (Fsp3) is 0. The van der Waals surface area contributed by atoms with E-state index in [9.17, 15) is 9.59 Å². The third-order valence-electron chi connectivity index (χ3n) is 1.77. The van der Waals surface area contributed by atoms with Gasteiger partial charge in [-0.15, -0.1) is 0 Å². The molecule has 0 heterocycles. The highest BCUT2D eigenvalue weighted by Gasteiger charge is 1.91. The summed E-state index contributed by atoms with van der Waals surface area (Å²) >= 11 is 0. The lowest BCUT2D eigenvalue weighted by Crippen LogP contribution is -1.86. The molecule has 82 valence electrons. The first-order chi connectivity index (χ1) is 7.58. The summed E-state index contributed by atoms with van der Waals surface area (Å²) in [6.45, 7) is 0. The van der Waals surface area contributed by atoms with E-state index in [2.05, 4.69) is 0 Å². The average molecular weight is 218 g/mol. The van der Waals surface area contributed by atoms with Gasteiger partial charge in [0.25, 0.3) is 0 Å². The standard InChI is InChI=1S/C12H10O4/c13-11(14)7-5-9-1-2-10(4-3-9)6-8-12(15)16/h1-8H,(H,13,14)(H,15,16)/b7-5-,8-6-. The van der Waals surface area contributed by atoms with Crippen molar-refractivity contribution in [3.63, 3.8) is 0 Å². The number of hydrogen-bond acceptors (Lipinski definition) is 2. The predicted octanol–water partition coefficient (Wildman–Crippen LogP) is 1.88. The van der Waals surface area contributed by atoms with Crippen LogP contribution in [0.3, 0.4) is 0 Å². The van der Waals surface area contributed by atoms with Crippen LogP contribution in [-0.2, 0) is 9.59 Å². The third kappa shape index (κ3) is 4.23. The maximum absolute atomic E-state index is 10.3. The molecular formula is C12H10O4. The Morgan fingerprint density at radius 2 is 1.12 bits per heavy atom. The van der Waals surface area contributed by atoms with Crippen molar-refractivity contribution in [2.24, 2.45) is 0 Å². The van der Waals surface area contributed by atoms with Gasteiger partial charge in [0.2, 0.25) is 0 Å². The number of rotatable bonds is 4. The topological polar surface area (TPSA) is 74.6 Å². The predicted molar refractivity (Wildman–Crippen MR) is 59.8 cm³/mol. The van der Waals surface area contributed by atoms with Crippen LogP contribution in [0.4, 0.5) is 0 Å². The smallest absolute Gasteiger partial charge is 0.328 e. The Kier molecular flexibility index (Phi) is 4.03. The Bertz CT molecular complexity index is 398. The SMILES string of the molecule is O=C(O)/C=C\c1ccc(/C=C\C(=O)O)cc1. The zero-order chi connectivity index (χ0) is 12.0. The van der Waals surface area contributed by atoms with Crippen LogP contribution in [0.2, 0.25) is 0 Å². The summed E-state index contributed by atoms with van der Waals surface area (Å²) in [5.41, 5.74) is 1.49. The van der Waals surface area contributed by atoms with Gasteiger partial charge in [-0.2, -0.15) is 0 Å². The van der Waals surface area contributed by atoms with Gasteiger partial charge in [-0.05, 0) is 23.3 Å². The van der Waals surface area contributed by atoms with Crippen LogP contribution < -0.4 is 0 Å². The zero-order valence-corrected chi connectivity index (χ0v) is 8.33. The van der Waals surface area contributed by atoms with E-state index in [4.69, 9.17) is 10.2 Å². The summed E-state index contributed by atoms with van der Waals surface area (Å²) in [5, 5.41) is 16.8. The van der Waals surface area contributed by atoms with Gasteiger partial charge < -0.3 is 10.2 Å². The molecular weight excluding hydrogens is 208 g/mol. The molecule has 1 aromatic carbocycles. The zero-order valence-electron chi connectivity index (χ0n) is 8.33. The molecule has 0 atom stereocenters. The summed E-state index contributed by atoms with van der Waals surface area (Å²) in [6.07, 6.45) is 5.02. The molecule has 0 saturated heterocycles. The van der Waals surface area contributed by atoms with Gasteiger partial charge in [0.1, 0.15) is 0 Å². The van der Waals surface area contributed by atoms with E-state index in [1.165, 1.54) is 12.2 Å². The lowest BCUT2D eigenvalue weighted by molar-refractivity contribution is -0.132. The normalized spacial score (nSPS) is 11.0. The minimum absolute atomic E-state index is 0.745. The average Bonchev–Trinajstić information content (AvgIpc) is 2.25. The minimum atomic E-state index is -1.00. The van der Waals surface area contributed by atoms with Crippen LogP contribution in [0.15, 0.2) is 36.4 Å². The van der Waals surface area contributed by atoms with Crippen LogP contribution in [0.1, 0.15) is 11.1 Å². The Labute approximate surface area is 92.2 Å². The Hall–Kier alpha value is -2.36.